The summed E-state index contributed by atoms with van der Waals surface area (Å²) < 4.78 is 41.5. The fourth-order valence-electron chi connectivity index (χ4n) is 4.95. The smallest absolute Gasteiger partial charge is 0.250 e. The van der Waals surface area contributed by atoms with E-state index in [0.717, 1.165) is 32.1 Å². The Kier molecular flexibility index (Phi) is 8.11. The van der Waals surface area contributed by atoms with Gasteiger partial charge in [-0.15, -0.1) is 0 Å². The molecular weight excluding hydrogens is 455 g/mol. The second kappa shape index (κ2) is 11.2. The molecule has 2 aliphatic rings. The van der Waals surface area contributed by atoms with Crippen LogP contribution in [-0.2, 0) is 9.59 Å². The van der Waals surface area contributed by atoms with E-state index in [9.17, 15) is 22.8 Å². The summed E-state index contributed by atoms with van der Waals surface area (Å²) in [5.41, 5.74) is 0.855. The summed E-state index contributed by atoms with van der Waals surface area (Å²) in [6.07, 6.45) is 4.33. The highest BCUT2D eigenvalue weighted by molar-refractivity contribution is 6.02. The molecule has 2 fully saturated rings. The quantitative estimate of drug-likeness (QED) is 0.593. The Balaban J connectivity index is 1.65. The second-order valence-corrected chi connectivity index (χ2v) is 9.53. The van der Waals surface area contributed by atoms with E-state index in [1.165, 1.54) is 23.1 Å². The number of halogens is 3. The molecule has 0 radical (unpaired) electrons. The summed E-state index contributed by atoms with van der Waals surface area (Å²) in [7, 11) is 0. The van der Waals surface area contributed by atoms with Crippen LogP contribution in [0.4, 0.5) is 18.9 Å². The summed E-state index contributed by atoms with van der Waals surface area (Å²) >= 11 is 0. The van der Waals surface area contributed by atoms with Gasteiger partial charge in [0.05, 0.1) is 6.54 Å². The van der Waals surface area contributed by atoms with Crippen molar-refractivity contribution in [1.82, 2.24) is 10.2 Å². The van der Waals surface area contributed by atoms with Gasteiger partial charge in [-0.3, -0.25) is 19.4 Å². The van der Waals surface area contributed by atoms with Crippen LogP contribution in [-0.4, -0.2) is 48.3 Å². The molecule has 0 aromatic heterocycles. The number of carbonyl (C=O) groups is 2. The molecule has 5 nitrogen and oxygen atoms in total. The first-order valence-corrected chi connectivity index (χ1v) is 12.4. The third-order valence-electron chi connectivity index (χ3n) is 6.87. The number of nitrogens with zero attached hydrogens (tertiary/aromatic N) is 2. The van der Waals surface area contributed by atoms with Crippen LogP contribution in [0.3, 0.4) is 0 Å². The number of hydrogen-bond donors (Lipinski definition) is 1. The number of anilines is 1. The number of hydrogen-bond acceptors (Lipinski definition) is 3. The molecule has 8 heteroatoms. The first-order chi connectivity index (χ1) is 16.8. The molecule has 1 N–H and O–H groups in total. The zero-order valence-corrected chi connectivity index (χ0v) is 19.8. The molecule has 1 heterocycles. The molecule has 1 unspecified atom stereocenters. The minimum absolute atomic E-state index is 0.0243. The number of nitrogens with one attached hydrogen (secondary N) is 1. The average Bonchev–Trinajstić information content (AvgIpc) is 2.84. The third-order valence-corrected chi connectivity index (χ3v) is 6.87. The summed E-state index contributed by atoms with van der Waals surface area (Å²) in [5.74, 6) is -4.02. The predicted octanol–water partition coefficient (Wildman–Crippen LogP) is 5.08. The SMILES string of the molecule is O=C(NC1CCCCC1)C(c1ccccc1)N(C(=O)CN1CCC(F)(F)CC1)c1cccc(F)c1. The van der Waals surface area contributed by atoms with Crippen LogP contribution in [0.15, 0.2) is 54.6 Å². The molecule has 0 spiro atoms. The van der Waals surface area contributed by atoms with Crippen molar-refractivity contribution < 1.29 is 22.8 Å². The van der Waals surface area contributed by atoms with Crippen LogP contribution >= 0.6 is 0 Å². The lowest BCUT2D eigenvalue weighted by atomic mass is 9.94. The molecule has 2 aromatic rings. The maximum absolute atomic E-state index is 14.2. The summed E-state index contributed by atoms with van der Waals surface area (Å²) in [5, 5.41) is 3.11. The van der Waals surface area contributed by atoms with Crippen LogP contribution in [0.5, 0.6) is 0 Å². The van der Waals surface area contributed by atoms with E-state index in [-0.39, 0.29) is 50.1 Å². The molecule has 188 valence electrons. The number of benzene rings is 2. The molecule has 1 atom stereocenters. The van der Waals surface area contributed by atoms with Gasteiger partial charge in [-0.2, -0.15) is 0 Å². The Bertz CT molecular complexity index is 1000. The largest absolute Gasteiger partial charge is 0.351 e. The van der Waals surface area contributed by atoms with Crippen molar-refractivity contribution in [2.45, 2.75) is 63.0 Å². The average molecular weight is 488 g/mol. The topological polar surface area (TPSA) is 52.7 Å². The lowest BCUT2D eigenvalue weighted by Crippen LogP contribution is -2.51. The Labute approximate surface area is 204 Å². The zero-order valence-electron chi connectivity index (χ0n) is 19.8. The van der Waals surface area contributed by atoms with Gasteiger partial charge < -0.3 is 5.32 Å². The molecule has 1 aliphatic carbocycles. The highest BCUT2D eigenvalue weighted by Crippen LogP contribution is 2.31. The molecule has 0 bridgehead atoms. The normalized spacial score (nSPS) is 19.6. The molecule has 1 aliphatic heterocycles. The van der Waals surface area contributed by atoms with Crippen molar-refractivity contribution in [3.8, 4) is 0 Å². The molecule has 1 saturated heterocycles. The summed E-state index contributed by atoms with van der Waals surface area (Å²) in [4.78, 5) is 30.4. The highest BCUT2D eigenvalue weighted by Gasteiger charge is 2.38. The number of alkyl halides is 2. The number of amides is 2. The molecule has 2 amide bonds. The van der Waals surface area contributed by atoms with Gasteiger partial charge in [0.1, 0.15) is 11.9 Å². The van der Waals surface area contributed by atoms with Gasteiger partial charge in [0.25, 0.3) is 5.92 Å². The number of rotatable bonds is 7. The van der Waals surface area contributed by atoms with E-state index < -0.39 is 23.7 Å². The van der Waals surface area contributed by atoms with Crippen molar-refractivity contribution in [3.05, 3.63) is 66.0 Å². The van der Waals surface area contributed by atoms with E-state index in [0.29, 0.717) is 5.56 Å². The molecule has 35 heavy (non-hydrogen) atoms. The van der Waals surface area contributed by atoms with Crippen molar-refractivity contribution in [1.29, 1.82) is 0 Å². The summed E-state index contributed by atoms with van der Waals surface area (Å²) in [6, 6.07) is 13.5. The van der Waals surface area contributed by atoms with Crippen molar-refractivity contribution in [2.24, 2.45) is 0 Å². The fraction of sp³-hybridized carbons (Fsp3) is 0.481. The minimum atomic E-state index is -2.73. The van der Waals surface area contributed by atoms with Crippen molar-refractivity contribution in [3.63, 3.8) is 0 Å². The minimum Gasteiger partial charge on any atom is -0.351 e. The summed E-state index contributed by atoms with van der Waals surface area (Å²) in [6.45, 7) is 0.0344. The first kappa shape index (κ1) is 25.2. The van der Waals surface area contributed by atoms with E-state index in [4.69, 9.17) is 0 Å². The maximum Gasteiger partial charge on any atom is 0.250 e. The molecule has 4 rings (SSSR count). The van der Waals surface area contributed by atoms with Crippen LogP contribution in [0.2, 0.25) is 0 Å². The van der Waals surface area contributed by atoms with Gasteiger partial charge >= 0.3 is 0 Å². The maximum atomic E-state index is 14.2. The number of carbonyl (C=O) groups excluding carboxylic acids is 2. The van der Waals surface area contributed by atoms with Crippen molar-refractivity contribution in [2.75, 3.05) is 24.5 Å². The molecule has 1 saturated carbocycles. The van der Waals surface area contributed by atoms with E-state index in [1.807, 2.05) is 6.07 Å². The van der Waals surface area contributed by atoms with Gasteiger partial charge in [0, 0.05) is 37.7 Å². The lowest BCUT2D eigenvalue weighted by molar-refractivity contribution is -0.128. The fourth-order valence-corrected chi connectivity index (χ4v) is 4.95. The van der Waals surface area contributed by atoms with Gasteiger partial charge in [0.2, 0.25) is 11.8 Å². The third kappa shape index (κ3) is 6.63. The lowest BCUT2D eigenvalue weighted by Gasteiger charge is -2.36. The van der Waals surface area contributed by atoms with E-state index in [2.05, 4.69) is 5.32 Å². The molecular formula is C27H32F3N3O2. The van der Waals surface area contributed by atoms with Gasteiger partial charge in [-0.05, 0) is 36.6 Å². The number of piperidine rings is 1. The van der Waals surface area contributed by atoms with Gasteiger partial charge in [-0.25, -0.2) is 13.2 Å². The number of likely N-dealkylation sites (tertiary alicyclic amines) is 1. The zero-order chi connectivity index (χ0) is 24.8. The Morgan fingerprint density at radius 1 is 1.00 bits per heavy atom. The van der Waals surface area contributed by atoms with E-state index >= 15 is 0 Å². The van der Waals surface area contributed by atoms with Crippen LogP contribution in [0.1, 0.15) is 56.6 Å². The van der Waals surface area contributed by atoms with E-state index in [1.54, 1.807) is 35.2 Å². The first-order valence-electron chi connectivity index (χ1n) is 12.4. The van der Waals surface area contributed by atoms with Gasteiger partial charge in [0.15, 0.2) is 0 Å². The van der Waals surface area contributed by atoms with Crippen LogP contribution in [0, 0.1) is 5.82 Å². The Morgan fingerprint density at radius 3 is 2.34 bits per heavy atom. The van der Waals surface area contributed by atoms with Gasteiger partial charge in [-0.1, -0.05) is 55.7 Å². The second-order valence-electron chi connectivity index (χ2n) is 9.53. The van der Waals surface area contributed by atoms with Crippen LogP contribution < -0.4 is 10.2 Å². The highest BCUT2D eigenvalue weighted by atomic mass is 19.3. The molecule has 2 aromatic carbocycles. The standard InChI is InChI=1S/C27H32F3N3O2/c28-21-10-7-13-23(18-21)33(24(34)19-32-16-14-27(29,30)15-17-32)25(20-8-3-1-4-9-20)26(35)31-22-11-5-2-6-12-22/h1,3-4,7-10,13,18,22,25H,2,5-6,11-12,14-17,19H2,(H,31,35). The predicted molar refractivity (Wildman–Crippen MR) is 129 cm³/mol. The van der Waals surface area contributed by atoms with Crippen molar-refractivity contribution >= 4 is 17.5 Å². The monoisotopic (exact) mass is 487 g/mol. The Hall–Kier alpha value is -2.87. The van der Waals surface area contributed by atoms with Crippen LogP contribution in [0.25, 0.3) is 0 Å². The Morgan fingerprint density at radius 2 is 1.69 bits per heavy atom.